The number of para-hydroxylation sites is 1. The zero-order valence-corrected chi connectivity index (χ0v) is 20.2. The van der Waals surface area contributed by atoms with Gasteiger partial charge in [-0.15, -0.1) is 0 Å². The molecule has 1 unspecified atom stereocenters. The summed E-state index contributed by atoms with van der Waals surface area (Å²) in [6.45, 7) is 4.39. The molecule has 0 aliphatic carbocycles. The van der Waals surface area contributed by atoms with Crippen LogP contribution in [0.25, 0.3) is 0 Å². The summed E-state index contributed by atoms with van der Waals surface area (Å²) in [7, 11) is -3.49. The molecule has 0 aliphatic rings. The molecule has 0 saturated heterocycles. The van der Waals surface area contributed by atoms with Crippen molar-refractivity contribution in [2.45, 2.75) is 39.3 Å². The summed E-state index contributed by atoms with van der Waals surface area (Å²) >= 11 is 5.95. The molecule has 32 heavy (non-hydrogen) atoms. The Kier molecular flexibility index (Phi) is 9.53. The molecule has 0 aromatic heterocycles. The van der Waals surface area contributed by atoms with Crippen molar-refractivity contribution < 1.29 is 18.0 Å². The van der Waals surface area contributed by atoms with E-state index in [0.717, 1.165) is 11.8 Å². The molecule has 0 fully saturated rings. The number of likely N-dealkylation sites (N-methyl/N-ethyl adjacent to an activating group) is 1. The van der Waals surface area contributed by atoms with Gasteiger partial charge in [0.2, 0.25) is 21.8 Å². The highest BCUT2D eigenvalue weighted by molar-refractivity contribution is 7.92. The van der Waals surface area contributed by atoms with Gasteiger partial charge in [-0.2, -0.15) is 0 Å². The monoisotopic (exact) mass is 479 g/mol. The Morgan fingerprint density at radius 2 is 1.69 bits per heavy atom. The molecule has 2 aromatic rings. The van der Waals surface area contributed by atoms with Crippen LogP contribution in [0.15, 0.2) is 54.6 Å². The third-order valence-electron chi connectivity index (χ3n) is 4.98. The minimum absolute atomic E-state index is 0.107. The van der Waals surface area contributed by atoms with E-state index in [0.29, 0.717) is 23.7 Å². The first kappa shape index (κ1) is 25.7. The predicted octanol–water partition coefficient (Wildman–Crippen LogP) is 3.44. The fourth-order valence-electron chi connectivity index (χ4n) is 3.29. The third kappa shape index (κ3) is 7.53. The van der Waals surface area contributed by atoms with Gasteiger partial charge in [0.1, 0.15) is 6.04 Å². The maximum atomic E-state index is 13.1. The fraction of sp³-hybridized carbons (Fsp3) is 0.391. The Labute approximate surface area is 195 Å². The third-order valence-corrected chi connectivity index (χ3v) is 6.43. The molecule has 0 spiro atoms. The average molecular weight is 480 g/mol. The van der Waals surface area contributed by atoms with E-state index in [4.69, 9.17) is 11.6 Å². The lowest BCUT2D eigenvalue weighted by molar-refractivity contribution is -0.140. The number of amides is 2. The van der Waals surface area contributed by atoms with Crippen LogP contribution in [0.3, 0.4) is 0 Å². The van der Waals surface area contributed by atoms with E-state index in [2.05, 4.69) is 5.32 Å². The minimum atomic E-state index is -3.49. The van der Waals surface area contributed by atoms with Gasteiger partial charge in [0.05, 0.1) is 11.9 Å². The summed E-state index contributed by atoms with van der Waals surface area (Å²) in [6, 6.07) is 15.2. The van der Waals surface area contributed by atoms with E-state index >= 15 is 0 Å². The van der Waals surface area contributed by atoms with E-state index in [9.17, 15) is 18.0 Å². The summed E-state index contributed by atoms with van der Waals surface area (Å²) in [5, 5.41) is 3.34. The van der Waals surface area contributed by atoms with Crippen molar-refractivity contribution in [2.75, 3.05) is 23.7 Å². The first-order valence-electron chi connectivity index (χ1n) is 10.5. The second kappa shape index (κ2) is 11.9. The lowest BCUT2D eigenvalue weighted by atomic mass is 10.1. The maximum absolute atomic E-state index is 13.1. The molecular formula is C23H30ClN3O4S. The van der Waals surface area contributed by atoms with Crippen molar-refractivity contribution in [3.8, 4) is 0 Å². The maximum Gasteiger partial charge on any atom is 0.242 e. The van der Waals surface area contributed by atoms with Crippen molar-refractivity contribution >= 4 is 39.1 Å². The molecule has 1 atom stereocenters. The smallest absolute Gasteiger partial charge is 0.242 e. The number of nitrogens with one attached hydrogen (secondary N) is 1. The van der Waals surface area contributed by atoms with Gasteiger partial charge in [-0.3, -0.25) is 13.9 Å². The van der Waals surface area contributed by atoms with Crippen LogP contribution in [0.4, 0.5) is 5.69 Å². The van der Waals surface area contributed by atoms with Crippen molar-refractivity contribution in [3.05, 3.63) is 65.2 Å². The minimum Gasteiger partial charge on any atom is -0.355 e. The number of rotatable bonds is 11. The Hall–Kier alpha value is -2.58. The van der Waals surface area contributed by atoms with Crippen molar-refractivity contribution in [1.29, 1.82) is 0 Å². The van der Waals surface area contributed by atoms with E-state index < -0.39 is 16.1 Å². The first-order valence-corrected chi connectivity index (χ1v) is 12.7. The van der Waals surface area contributed by atoms with E-state index in [-0.39, 0.29) is 31.3 Å². The Morgan fingerprint density at radius 3 is 2.25 bits per heavy atom. The molecule has 0 heterocycles. The van der Waals surface area contributed by atoms with E-state index in [1.165, 1.54) is 9.21 Å². The van der Waals surface area contributed by atoms with Crippen LogP contribution >= 0.6 is 11.6 Å². The number of carbonyl (C=O) groups is 2. The number of carbonyl (C=O) groups excluding carboxylic acids is 2. The Morgan fingerprint density at radius 1 is 1.06 bits per heavy atom. The van der Waals surface area contributed by atoms with Gasteiger partial charge in [-0.1, -0.05) is 41.9 Å². The molecule has 7 nitrogen and oxygen atoms in total. The summed E-state index contributed by atoms with van der Waals surface area (Å²) in [5.41, 5.74) is 1.40. The number of hydrogen-bond acceptors (Lipinski definition) is 4. The van der Waals surface area contributed by atoms with Gasteiger partial charge in [0, 0.05) is 31.1 Å². The molecule has 0 radical (unpaired) electrons. The van der Waals surface area contributed by atoms with Crippen LogP contribution in [-0.2, 0) is 26.2 Å². The number of hydrogen-bond donors (Lipinski definition) is 1. The van der Waals surface area contributed by atoms with Crippen molar-refractivity contribution in [1.82, 2.24) is 10.2 Å². The van der Waals surface area contributed by atoms with Crippen molar-refractivity contribution in [3.63, 3.8) is 0 Å². The van der Waals surface area contributed by atoms with Gasteiger partial charge in [0.15, 0.2) is 0 Å². The number of halogens is 1. The standard InChI is InChI=1S/C23H30ClN3O4S/c1-4-25-23(29)18(2)26(17-19-12-14-20(24)15-13-19)22(28)11-8-16-27(32(3,30)31)21-9-6-5-7-10-21/h5-7,9-10,12-15,18H,4,8,11,16-17H2,1-3H3,(H,25,29). The number of nitrogens with zero attached hydrogens (tertiary/aromatic N) is 2. The zero-order valence-electron chi connectivity index (χ0n) is 18.6. The summed E-state index contributed by atoms with van der Waals surface area (Å²) in [6.07, 6.45) is 1.57. The Bertz CT molecular complexity index is 998. The van der Waals surface area contributed by atoms with Crippen LogP contribution in [0.5, 0.6) is 0 Å². The first-order chi connectivity index (χ1) is 15.1. The van der Waals surface area contributed by atoms with Crippen LogP contribution in [-0.4, -0.2) is 50.5 Å². The molecular weight excluding hydrogens is 450 g/mol. The van der Waals surface area contributed by atoms with Gasteiger partial charge >= 0.3 is 0 Å². The molecule has 174 valence electrons. The fourth-order valence-corrected chi connectivity index (χ4v) is 4.38. The average Bonchev–Trinajstić information content (AvgIpc) is 2.75. The van der Waals surface area contributed by atoms with E-state index in [1.54, 1.807) is 43.3 Å². The van der Waals surface area contributed by atoms with Gasteiger partial charge < -0.3 is 10.2 Å². The van der Waals surface area contributed by atoms with Crippen LogP contribution < -0.4 is 9.62 Å². The topological polar surface area (TPSA) is 86.8 Å². The predicted molar refractivity (Wildman–Crippen MR) is 128 cm³/mol. The Balaban J connectivity index is 2.12. The van der Waals surface area contributed by atoms with Gasteiger partial charge in [0.25, 0.3) is 0 Å². The molecule has 2 rings (SSSR count). The largest absolute Gasteiger partial charge is 0.355 e. The highest BCUT2D eigenvalue weighted by Crippen LogP contribution is 2.19. The molecule has 0 bridgehead atoms. The molecule has 2 amide bonds. The van der Waals surface area contributed by atoms with Gasteiger partial charge in [-0.05, 0) is 50.1 Å². The molecule has 1 N–H and O–H groups in total. The second-order valence-electron chi connectivity index (χ2n) is 7.49. The number of anilines is 1. The molecule has 2 aromatic carbocycles. The highest BCUT2D eigenvalue weighted by atomic mass is 35.5. The van der Waals surface area contributed by atoms with Crippen LogP contribution in [0.2, 0.25) is 5.02 Å². The summed E-state index contributed by atoms with van der Waals surface area (Å²) < 4.78 is 25.8. The van der Waals surface area contributed by atoms with Crippen LogP contribution in [0, 0.1) is 0 Å². The number of benzene rings is 2. The summed E-state index contributed by atoms with van der Waals surface area (Å²) in [5.74, 6) is -0.461. The molecule has 0 saturated carbocycles. The lowest BCUT2D eigenvalue weighted by Gasteiger charge is -2.29. The van der Waals surface area contributed by atoms with Crippen LogP contribution in [0.1, 0.15) is 32.3 Å². The number of sulfonamides is 1. The quantitative estimate of drug-likeness (QED) is 0.534. The van der Waals surface area contributed by atoms with Gasteiger partial charge in [-0.25, -0.2) is 8.42 Å². The molecule has 0 aliphatic heterocycles. The summed E-state index contributed by atoms with van der Waals surface area (Å²) in [4.78, 5) is 27.0. The normalized spacial score (nSPS) is 12.1. The molecule has 9 heteroatoms. The highest BCUT2D eigenvalue weighted by Gasteiger charge is 2.26. The van der Waals surface area contributed by atoms with E-state index in [1.807, 2.05) is 25.1 Å². The SMILES string of the molecule is CCNC(=O)C(C)N(Cc1ccc(Cl)cc1)C(=O)CCCN(c1ccccc1)S(C)(=O)=O. The van der Waals surface area contributed by atoms with Crippen molar-refractivity contribution in [2.24, 2.45) is 0 Å². The lowest BCUT2D eigenvalue weighted by Crippen LogP contribution is -2.47. The zero-order chi connectivity index (χ0) is 23.7. The second-order valence-corrected chi connectivity index (χ2v) is 9.84.